The smallest absolute Gasteiger partial charge is 0.381 e. The Morgan fingerprint density at radius 2 is 1.98 bits per heavy atom. The van der Waals surface area contributed by atoms with Crippen molar-refractivity contribution in [2.24, 2.45) is 5.92 Å². The number of benzene rings is 1. The van der Waals surface area contributed by atoms with E-state index in [0.29, 0.717) is 43.9 Å². The zero-order chi connectivity index (χ0) is 30.4. The number of anilines is 1. The molecule has 1 aromatic carbocycles. The number of fused-ring (bicyclic) bond motifs is 4. The van der Waals surface area contributed by atoms with E-state index < -0.39 is 18.6 Å². The number of carbonyl (C=O) groups is 1. The molecular formula is C30H34F3N7O3. The van der Waals surface area contributed by atoms with Gasteiger partial charge in [0.1, 0.15) is 12.6 Å². The normalized spacial score (nSPS) is 21.2. The molecule has 10 nitrogen and oxygen atoms in total. The number of carbonyl (C=O) groups excluding carboxylic acids is 1. The van der Waals surface area contributed by atoms with Gasteiger partial charge in [0.15, 0.2) is 5.69 Å². The van der Waals surface area contributed by atoms with E-state index in [9.17, 15) is 23.2 Å². The Labute approximate surface area is 247 Å². The second-order valence-corrected chi connectivity index (χ2v) is 10.8. The topological polar surface area (TPSA) is 109 Å². The third-order valence-electron chi connectivity index (χ3n) is 7.70. The highest BCUT2D eigenvalue weighted by Crippen LogP contribution is 2.32. The van der Waals surface area contributed by atoms with Gasteiger partial charge in [-0.2, -0.15) is 23.5 Å². The lowest BCUT2D eigenvalue weighted by molar-refractivity contribution is -0.140. The predicted octanol–water partition coefficient (Wildman–Crippen LogP) is 3.22. The number of rotatable bonds is 1. The second-order valence-electron chi connectivity index (χ2n) is 10.8. The molecule has 2 atom stereocenters. The summed E-state index contributed by atoms with van der Waals surface area (Å²) >= 11 is 0. The van der Waals surface area contributed by atoms with Crippen molar-refractivity contribution in [3.63, 3.8) is 0 Å². The molecule has 2 N–H and O–H groups in total. The van der Waals surface area contributed by atoms with Gasteiger partial charge < -0.3 is 29.6 Å². The fourth-order valence-corrected chi connectivity index (χ4v) is 5.61. The number of likely N-dealkylation sites (tertiary alicyclic amines) is 1. The fraction of sp³-hybridized carbons (Fsp3) is 0.500. The Morgan fingerprint density at radius 3 is 2.77 bits per heavy atom. The van der Waals surface area contributed by atoms with E-state index in [1.54, 1.807) is 18.2 Å². The van der Waals surface area contributed by atoms with E-state index in [1.807, 2.05) is 12.1 Å². The molecule has 2 aliphatic rings. The van der Waals surface area contributed by atoms with Crippen LogP contribution >= 0.6 is 0 Å². The number of nitrogens with zero attached hydrogens (tertiary/aromatic N) is 5. The molecule has 1 amide bonds. The summed E-state index contributed by atoms with van der Waals surface area (Å²) < 4.78 is 55.1. The van der Waals surface area contributed by atoms with Crippen molar-refractivity contribution in [1.82, 2.24) is 24.6 Å². The highest BCUT2D eigenvalue weighted by atomic mass is 19.4. The molecule has 13 heteroatoms. The zero-order valence-electron chi connectivity index (χ0n) is 23.9. The Kier molecular flexibility index (Phi) is 9.56. The fourth-order valence-electron chi connectivity index (χ4n) is 5.61. The predicted molar refractivity (Wildman–Crippen MR) is 153 cm³/mol. The first-order chi connectivity index (χ1) is 20.7. The molecular weight excluding hydrogens is 563 g/mol. The molecule has 4 bridgehead atoms. The van der Waals surface area contributed by atoms with Crippen molar-refractivity contribution in [3.05, 3.63) is 47.4 Å². The van der Waals surface area contributed by atoms with Gasteiger partial charge in [-0.1, -0.05) is 12.0 Å². The molecule has 1 fully saturated rings. The lowest BCUT2D eigenvalue weighted by Crippen LogP contribution is -2.45. The summed E-state index contributed by atoms with van der Waals surface area (Å²) in [5.74, 6) is 5.31. The number of halogens is 3. The van der Waals surface area contributed by atoms with Gasteiger partial charge in [-0.15, -0.1) is 0 Å². The van der Waals surface area contributed by atoms with Gasteiger partial charge in [0.25, 0.3) is 5.91 Å². The van der Waals surface area contributed by atoms with Crippen LogP contribution in [0.1, 0.15) is 34.6 Å². The van der Waals surface area contributed by atoms with E-state index >= 15 is 0 Å². The van der Waals surface area contributed by atoms with E-state index in [1.165, 1.54) is 10.9 Å². The quantitative estimate of drug-likeness (QED) is 0.415. The van der Waals surface area contributed by atoms with Crippen LogP contribution in [0.2, 0.25) is 0 Å². The van der Waals surface area contributed by atoms with Crippen molar-refractivity contribution < 1.29 is 27.4 Å². The number of nitriles is 1. The van der Waals surface area contributed by atoms with Gasteiger partial charge in [-0.25, -0.2) is 0 Å². The van der Waals surface area contributed by atoms with E-state index in [0.717, 1.165) is 36.2 Å². The van der Waals surface area contributed by atoms with Crippen molar-refractivity contribution in [2.45, 2.75) is 38.1 Å². The number of aromatic nitrogens is 3. The van der Waals surface area contributed by atoms with E-state index in [2.05, 4.69) is 39.5 Å². The second kappa shape index (κ2) is 13.5. The third kappa shape index (κ3) is 7.68. The monoisotopic (exact) mass is 597 g/mol. The maximum Gasteiger partial charge on any atom is 0.406 e. The summed E-state index contributed by atoms with van der Waals surface area (Å²) in [4.78, 5) is 15.0. The molecule has 0 unspecified atom stereocenters. The molecule has 0 radical (unpaired) electrons. The number of amides is 1. The molecule has 2 aliphatic heterocycles. The van der Waals surface area contributed by atoms with Crippen molar-refractivity contribution in [1.29, 1.82) is 5.26 Å². The van der Waals surface area contributed by atoms with Crippen LogP contribution < -0.4 is 10.6 Å². The Bertz CT molecular complexity index is 1550. The average molecular weight is 598 g/mol. The number of hydrogen-bond acceptors (Lipinski definition) is 7. The lowest BCUT2D eigenvalue weighted by Gasteiger charge is -2.38. The molecule has 228 valence electrons. The van der Waals surface area contributed by atoms with Crippen molar-refractivity contribution >= 4 is 22.5 Å². The molecule has 2 aromatic heterocycles. The van der Waals surface area contributed by atoms with Crippen LogP contribution in [0.25, 0.3) is 10.9 Å². The maximum absolute atomic E-state index is 13.6. The molecule has 0 spiro atoms. The minimum Gasteiger partial charge on any atom is -0.381 e. The van der Waals surface area contributed by atoms with E-state index in [-0.39, 0.29) is 35.5 Å². The summed E-state index contributed by atoms with van der Waals surface area (Å²) in [6.45, 7) is 2.49. The molecule has 3 aromatic rings. The first kappa shape index (κ1) is 30.4. The largest absolute Gasteiger partial charge is 0.406 e. The molecule has 0 aliphatic carbocycles. The van der Waals surface area contributed by atoms with Gasteiger partial charge >= 0.3 is 6.18 Å². The van der Waals surface area contributed by atoms with Gasteiger partial charge in [0.2, 0.25) is 0 Å². The summed E-state index contributed by atoms with van der Waals surface area (Å²) in [7, 11) is 2.09. The summed E-state index contributed by atoms with van der Waals surface area (Å²) in [6.07, 6.45) is -1.29. The van der Waals surface area contributed by atoms with Crippen LogP contribution in [0.5, 0.6) is 0 Å². The highest BCUT2D eigenvalue weighted by Gasteiger charge is 2.31. The van der Waals surface area contributed by atoms with Gasteiger partial charge in [0, 0.05) is 36.5 Å². The summed E-state index contributed by atoms with van der Waals surface area (Å²) in [6, 6.07) is 8.99. The van der Waals surface area contributed by atoms with Crippen molar-refractivity contribution in [3.8, 4) is 17.9 Å². The Balaban J connectivity index is 1.46. The van der Waals surface area contributed by atoms with Gasteiger partial charge in [-0.3, -0.25) is 9.48 Å². The van der Waals surface area contributed by atoms with Gasteiger partial charge in [0.05, 0.1) is 49.7 Å². The third-order valence-corrected chi connectivity index (χ3v) is 7.70. The molecule has 0 saturated carbocycles. The molecule has 1 saturated heterocycles. The van der Waals surface area contributed by atoms with E-state index in [4.69, 9.17) is 9.47 Å². The Morgan fingerprint density at radius 1 is 1.16 bits per heavy atom. The minimum absolute atomic E-state index is 0.0414. The van der Waals surface area contributed by atoms with Crippen LogP contribution in [0.3, 0.4) is 0 Å². The molecule has 4 heterocycles. The van der Waals surface area contributed by atoms with Crippen molar-refractivity contribution in [2.75, 3.05) is 58.4 Å². The first-order valence-electron chi connectivity index (χ1n) is 14.3. The summed E-state index contributed by atoms with van der Waals surface area (Å²) in [5.41, 5.74) is 1.40. The maximum atomic E-state index is 13.6. The molecule has 5 rings (SSSR count). The SMILES string of the molecule is CN1CC[C@@H]2Nc3cccc4c3cc(n4CC(F)(F)F)C#CCNC(=O)c3cn(nc3C#N)CCOCCOCC[C@H]2C1. The summed E-state index contributed by atoms with van der Waals surface area (Å²) in [5, 5.41) is 20.5. The van der Waals surface area contributed by atoms with Gasteiger partial charge in [-0.05, 0) is 56.5 Å². The minimum atomic E-state index is -4.46. The number of nitrogens with one attached hydrogen (secondary N) is 2. The highest BCUT2D eigenvalue weighted by molar-refractivity contribution is 5.96. The van der Waals surface area contributed by atoms with Crippen LogP contribution in [-0.4, -0.2) is 90.5 Å². The van der Waals surface area contributed by atoms with Crippen LogP contribution in [0, 0.1) is 29.1 Å². The average Bonchev–Trinajstić information content (AvgIpc) is 3.54. The van der Waals surface area contributed by atoms with Crippen LogP contribution in [0.15, 0.2) is 30.5 Å². The first-order valence-corrected chi connectivity index (χ1v) is 14.3. The number of piperidine rings is 1. The van der Waals surface area contributed by atoms with Crippen LogP contribution in [-0.2, 0) is 22.6 Å². The number of ether oxygens (including phenoxy) is 2. The number of alkyl halides is 3. The number of hydrogen-bond donors (Lipinski definition) is 2. The lowest BCUT2D eigenvalue weighted by atomic mass is 9.89. The standard InChI is InChI=1S/C30H34F3N7O3/c1-38-10-7-25-21(18-38)8-12-42-14-15-43-13-11-39-19-24(27(17-34)37-39)29(41)35-9-3-4-22-16-23-26(36-25)5-2-6-28(23)40(22)20-30(31,32)33/h2,5-6,16,19,21,25,36H,7-15,18,20H2,1H3,(H,35,41)/t21-,25-/m0/s1. The zero-order valence-corrected chi connectivity index (χ0v) is 23.9. The molecule has 43 heavy (non-hydrogen) atoms. The Hall–Kier alpha value is -4.04. The van der Waals surface area contributed by atoms with Crippen LogP contribution in [0.4, 0.5) is 18.9 Å².